The largest absolute Gasteiger partial charge is 0.354 e. The van der Waals surface area contributed by atoms with Crippen LogP contribution < -0.4 is 5.32 Å². The van der Waals surface area contributed by atoms with Gasteiger partial charge in [-0.1, -0.05) is 84.9 Å². The number of benzene rings is 2. The van der Waals surface area contributed by atoms with Crippen LogP contribution >= 0.6 is 0 Å². The van der Waals surface area contributed by atoms with Crippen molar-refractivity contribution in [3.63, 3.8) is 0 Å². The molecule has 3 heteroatoms. The van der Waals surface area contributed by atoms with Crippen molar-refractivity contribution < 1.29 is 0 Å². The lowest BCUT2D eigenvalue weighted by Crippen LogP contribution is -2.15. The summed E-state index contributed by atoms with van der Waals surface area (Å²) in [6.07, 6.45) is 5.79. The van der Waals surface area contributed by atoms with Crippen LogP contribution in [0.15, 0.2) is 64.2 Å². The van der Waals surface area contributed by atoms with Crippen molar-refractivity contribution in [2.24, 2.45) is 27.7 Å². The molecule has 180 valence electrons. The Morgan fingerprint density at radius 3 is 1.85 bits per heavy atom. The molecule has 2 aliphatic carbocycles. The lowest BCUT2D eigenvalue weighted by Gasteiger charge is -2.22. The van der Waals surface area contributed by atoms with Crippen LogP contribution in [0.5, 0.6) is 0 Å². The summed E-state index contributed by atoms with van der Waals surface area (Å²) >= 11 is 0. The van der Waals surface area contributed by atoms with Gasteiger partial charge >= 0.3 is 0 Å². The third-order valence-corrected chi connectivity index (χ3v) is 7.47. The monoisotopic (exact) mass is 455 g/mol. The molecule has 0 spiro atoms. The van der Waals surface area contributed by atoms with Gasteiger partial charge in [0, 0.05) is 17.3 Å². The van der Waals surface area contributed by atoms with E-state index < -0.39 is 0 Å². The highest BCUT2D eigenvalue weighted by atomic mass is 15.0. The van der Waals surface area contributed by atoms with Crippen molar-refractivity contribution in [2.75, 3.05) is 5.32 Å². The van der Waals surface area contributed by atoms with Gasteiger partial charge in [0.2, 0.25) is 0 Å². The molecule has 0 aromatic heterocycles. The second-order valence-electron chi connectivity index (χ2n) is 10.9. The van der Waals surface area contributed by atoms with Crippen LogP contribution in [0, 0.1) is 17.8 Å². The van der Waals surface area contributed by atoms with Crippen molar-refractivity contribution in [3.8, 4) is 0 Å². The second kappa shape index (κ2) is 10.3. The summed E-state index contributed by atoms with van der Waals surface area (Å²) in [4.78, 5) is 10.4. The smallest absolute Gasteiger partial charge is 0.0890 e. The van der Waals surface area contributed by atoms with Crippen LogP contribution in [0.1, 0.15) is 90.7 Å². The Kier molecular flexibility index (Phi) is 7.40. The Labute approximate surface area is 206 Å². The lowest BCUT2D eigenvalue weighted by atomic mass is 9.92. The minimum Gasteiger partial charge on any atom is -0.354 e. The minimum atomic E-state index is 0.376. The predicted molar refractivity (Wildman–Crippen MR) is 148 cm³/mol. The summed E-state index contributed by atoms with van der Waals surface area (Å²) in [7, 11) is 0. The molecule has 1 fully saturated rings. The van der Waals surface area contributed by atoms with Crippen LogP contribution in [0.2, 0.25) is 0 Å². The summed E-state index contributed by atoms with van der Waals surface area (Å²) in [6.45, 7) is 16.0. The first-order valence-electron chi connectivity index (χ1n) is 13.1. The first kappa shape index (κ1) is 24.4. The summed E-state index contributed by atoms with van der Waals surface area (Å²) in [5, 5.41) is 3.84. The Balaban J connectivity index is 1.72. The van der Waals surface area contributed by atoms with E-state index in [-0.39, 0.29) is 0 Å². The van der Waals surface area contributed by atoms with E-state index in [0.29, 0.717) is 29.6 Å². The number of anilines is 1. The van der Waals surface area contributed by atoms with Crippen LogP contribution in [0.4, 0.5) is 17.1 Å². The van der Waals surface area contributed by atoms with Crippen molar-refractivity contribution >= 4 is 28.5 Å². The van der Waals surface area contributed by atoms with E-state index in [9.17, 15) is 0 Å². The maximum Gasteiger partial charge on any atom is 0.0890 e. The third kappa shape index (κ3) is 5.04. The average molecular weight is 456 g/mol. The molecule has 0 radical (unpaired) electrons. The van der Waals surface area contributed by atoms with Gasteiger partial charge in [-0.05, 0) is 66.2 Å². The molecule has 34 heavy (non-hydrogen) atoms. The van der Waals surface area contributed by atoms with E-state index in [0.717, 1.165) is 29.2 Å². The minimum absolute atomic E-state index is 0.376. The zero-order chi connectivity index (χ0) is 24.4. The standard InChI is InChI=1S/C31H41N3/c1-19(2)24-11-10-12-25(20(3)4)31(24)34-28-18-17-23(7)30(28)33-27-14-9-8-13-26(27)32-29-21(5)15-16-22(29)6/h8-14,18-23,34H,15-17H2,1-7H3. The molecular formula is C31H41N3. The Hall–Kier alpha value is -2.68. The lowest BCUT2D eigenvalue weighted by molar-refractivity contribution is 0.677. The molecule has 1 N–H and O–H groups in total. The van der Waals surface area contributed by atoms with Gasteiger partial charge < -0.3 is 5.32 Å². The molecule has 4 rings (SSSR count). The summed E-state index contributed by atoms with van der Waals surface area (Å²) < 4.78 is 0. The molecule has 0 saturated heterocycles. The van der Waals surface area contributed by atoms with Gasteiger partial charge in [-0.2, -0.15) is 0 Å². The first-order chi connectivity index (χ1) is 16.3. The quantitative estimate of drug-likeness (QED) is 0.463. The van der Waals surface area contributed by atoms with Gasteiger partial charge in [0.1, 0.15) is 0 Å². The number of nitrogens with one attached hydrogen (secondary N) is 1. The molecule has 0 bridgehead atoms. The van der Waals surface area contributed by atoms with Gasteiger partial charge in [0.15, 0.2) is 0 Å². The number of rotatable bonds is 6. The summed E-state index contributed by atoms with van der Waals surface area (Å²) in [5.74, 6) is 2.39. The summed E-state index contributed by atoms with van der Waals surface area (Å²) in [5.41, 5.74) is 9.55. The van der Waals surface area contributed by atoms with E-state index >= 15 is 0 Å². The van der Waals surface area contributed by atoms with Crippen molar-refractivity contribution in [3.05, 3.63) is 65.4 Å². The topological polar surface area (TPSA) is 36.8 Å². The van der Waals surface area contributed by atoms with Crippen LogP contribution in [-0.4, -0.2) is 11.4 Å². The normalized spacial score (nSPS) is 23.8. The SMILES string of the molecule is CC1CC=C(Nc2c(C(C)C)cccc2C(C)C)C1=Nc1ccccc1N=C1C(C)CCC1C. The maximum atomic E-state index is 5.24. The number of hydrogen-bond donors (Lipinski definition) is 1. The van der Waals surface area contributed by atoms with E-state index in [1.807, 2.05) is 0 Å². The second-order valence-corrected chi connectivity index (χ2v) is 10.9. The molecule has 3 atom stereocenters. The fourth-order valence-corrected chi connectivity index (χ4v) is 5.32. The molecule has 2 aliphatic rings. The maximum absolute atomic E-state index is 5.24. The molecule has 2 aromatic carbocycles. The Bertz CT molecular complexity index is 1080. The zero-order valence-electron chi connectivity index (χ0n) is 22.0. The van der Waals surface area contributed by atoms with Crippen molar-refractivity contribution in [2.45, 2.75) is 79.6 Å². The van der Waals surface area contributed by atoms with Gasteiger partial charge in [-0.25, -0.2) is 4.99 Å². The van der Waals surface area contributed by atoms with E-state index in [4.69, 9.17) is 9.98 Å². The van der Waals surface area contributed by atoms with Crippen LogP contribution in [-0.2, 0) is 0 Å². The molecule has 3 unspecified atom stereocenters. The highest BCUT2D eigenvalue weighted by Gasteiger charge is 2.27. The molecule has 2 aromatic rings. The molecule has 1 saturated carbocycles. The number of hydrogen-bond acceptors (Lipinski definition) is 3. The first-order valence-corrected chi connectivity index (χ1v) is 13.1. The fourth-order valence-electron chi connectivity index (χ4n) is 5.32. The van der Waals surface area contributed by atoms with E-state index in [1.54, 1.807) is 0 Å². The number of nitrogens with zero attached hydrogens (tertiary/aromatic N) is 2. The van der Waals surface area contributed by atoms with Gasteiger partial charge in [-0.3, -0.25) is 4.99 Å². The highest BCUT2D eigenvalue weighted by Crippen LogP contribution is 2.38. The molecular weight excluding hydrogens is 414 g/mol. The van der Waals surface area contributed by atoms with Crippen LogP contribution in [0.3, 0.4) is 0 Å². The van der Waals surface area contributed by atoms with Gasteiger partial charge in [-0.15, -0.1) is 0 Å². The van der Waals surface area contributed by atoms with Gasteiger partial charge in [0.25, 0.3) is 0 Å². The van der Waals surface area contributed by atoms with Gasteiger partial charge in [0.05, 0.1) is 22.8 Å². The van der Waals surface area contributed by atoms with Crippen molar-refractivity contribution in [1.82, 2.24) is 0 Å². The van der Waals surface area contributed by atoms with Crippen molar-refractivity contribution in [1.29, 1.82) is 0 Å². The zero-order valence-corrected chi connectivity index (χ0v) is 22.0. The fraction of sp³-hybridized carbons (Fsp3) is 0.484. The Morgan fingerprint density at radius 2 is 1.29 bits per heavy atom. The average Bonchev–Trinajstić information content (AvgIpc) is 3.31. The Morgan fingerprint density at radius 1 is 0.735 bits per heavy atom. The van der Waals surface area contributed by atoms with E-state index in [1.165, 1.54) is 35.4 Å². The molecule has 0 heterocycles. The molecule has 3 nitrogen and oxygen atoms in total. The van der Waals surface area contributed by atoms with Crippen LogP contribution in [0.25, 0.3) is 0 Å². The molecule has 0 aliphatic heterocycles. The number of aliphatic imine (C=N–C) groups is 2. The van der Waals surface area contributed by atoms with E-state index in [2.05, 4.69) is 102 Å². The third-order valence-electron chi connectivity index (χ3n) is 7.47. The summed E-state index contributed by atoms with van der Waals surface area (Å²) in [6, 6.07) is 15.1. The highest BCUT2D eigenvalue weighted by molar-refractivity contribution is 6.08. The molecule has 0 amide bonds. The number of allylic oxidation sites excluding steroid dienone is 2. The predicted octanol–water partition coefficient (Wildman–Crippen LogP) is 9.18. The number of para-hydroxylation sites is 3.